The zero-order valence-electron chi connectivity index (χ0n) is 11.5. The monoisotopic (exact) mass is 288 g/mol. The van der Waals surface area contributed by atoms with Crippen molar-refractivity contribution in [1.29, 1.82) is 0 Å². The van der Waals surface area contributed by atoms with Gasteiger partial charge >= 0.3 is 11.9 Å². The molecule has 0 aromatic heterocycles. The molecule has 0 spiro atoms. The van der Waals surface area contributed by atoms with E-state index < -0.39 is 23.8 Å². The lowest BCUT2D eigenvalue weighted by Gasteiger charge is -2.30. The fourth-order valence-electron chi connectivity index (χ4n) is 2.58. The molecule has 110 valence electrons. The van der Waals surface area contributed by atoms with E-state index in [0.717, 1.165) is 12.2 Å². The summed E-state index contributed by atoms with van der Waals surface area (Å²) in [5.74, 6) is -1.64. The lowest BCUT2D eigenvalue weighted by atomic mass is 9.81. The lowest BCUT2D eigenvalue weighted by molar-refractivity contribution is -0.147. The first-order chi connectivity index (χ1) is 9.04. The van der Waals surface area contributed by atoms with Crippen molar-refractivity contribution in [2.75, 3.05) is 5.75 Å². The molecule has 19 heavy (non-hydrogen) atoms. The average Bonchev–Trinajstić information content (AvgIpc) is 2.38. The van der Waals surface area contributed by atoms with Crippen molar-refractivity contribution in [3.05, 3.63) is 0 Å². The average molecular weight is 288 g/mol. The summed E-state index contributed by atoms with van der Waals surface area (Å²) in [5, 5.41) is 18.4. The molecule has 1 saturated carbocycles. The van der Waals surface area contributed by atoms with E-state index >= 15 is 0 Å². The Labute approximate surface area is 119 Å². The number of carboxylic acid groups (broad SMARTS) is 2. The molecule has 0 amide bonds. The van der Waals surface area contributed by atoms with Gasteiger partial charge in [0.25, 0.3) is 0 Å². The van der Waals surface area contributed by atoms with Crippen LogP contribution in [0.3, 0.4) is 0 Å². The SMILES string of the molecule is CCCCCCSC1CC(C(=O)O)CC(C(=O)O)C1. The lowest BCUT2D eigenvalue weighted by Crippen LogP contribution is -2.33. The van der Waals surface area contributed by atoms with Crippen LogP contribution in [0.25, 0.3) is 0 Å². The van der Waals surface area contributed by atoms with Crippen LogP contribution in [0.5, 0.6) is 0 Å². The van der Waals surface area contributed by atoms with Crippen LogP contribution >= 0.6 is 11.8 Å². The zero-order chi connectivity index (χ0) is 14.3. The highest BCUT2D eigenvalue weighted by atomic mass is 32.2. The van der Waals surface area contributed by atoms with Crippen LogP contribution in [0.1, 0.15) is 51.9 Å². The number of aliphatic carboxylic acids is 2. The van der Waals surface area contributed by atoms with Crippen LogP contribution in [-0.2, 0) is 9.59 Å². The van der Waals surface area contributed by atoms with Gasteiger partial charge in [0.2, 0.25) is 0 Å². The number of hydrogen-bond donors (Lipinski definition) is 2. The summed E-state index contributed by atoms with van der Waals surface area (Å²) in [6.07, 6.45) is 6.33. The summed E-state index contributed by atoms with van der Waals surface area (Å²) in [4.78, 5) is 22.2. The maximum atomic E-state index is 11.1. The standard InChI is InChI=1S/C14H24O4S/c1-2-3-4-5-6-19-12-8-10(13(15)16)7-11(9-12)14(17)18/h10-12H,2-9H2,1H3,(H,15,16)(H,17,18). The second kappa shape index (κ2) is 8.46. The maximum Gasteiger partial charge on any atom is 0.306 e. The van der Waals surface area contributed by atoms with Gasteiger partial charge in [-0.15, -0.1) is 0 Å². The molecule has 4 nitrogen and oxygen atoms in total. The van der Waals surface area contributed by atoms with Crippen molar-refractivity contribution in [1.82, 2.24) is 0 Å². The van der Waals surface area contributed by atoms with Crippen molar-refractivity contribution >= 4 is 23.7 Å². The van der Waals surface area contributed by atoms with Crippen molar-refractivity contribution < 1.29 is 19.8 Å². The number of hydrogen-bond acceptors (Lipinski definition) is 3. The van der Waals surface area contributed by atoms with Crippen molar-refractivity contribution in [2.24, 2.45) is 11.8 Å². The summed E-state index contributed by atoms with van der Waals surface area (Å²) in [5.41, 5.74) is 0. The van der Waals surface area contributed by atoms with E-state index in [2.05, 4.69) is 6.92 Å². The van der Waals surface area contributed by atoms with Crippen LogP contribution in [0, 0.1) is 11.8 Å². The summed E-state index contributed by atoms with van der Waals surface area (Å²) < 4.78 is 0. The van der Waals surface area contributed by atoms with Gasteiger partial charge in [0.1, 0.15) is 0 Å². The molecule has 2 unspecified atom stereocenters. The van der Waals surface area contributed by atoms with E-state index in [1.807, 2.05) is 0 Å². The minimum absolute atomic E-state index is 0.192. The van der Waals surface area contributed by atoms with Gasteiger partial charge in [0.15, 0.2) is 0 Å². The Hall–Kier alpha value is -0.710. The van der Waals surface area contributed by atoms with Gasteiger partial charge in [0, 0.05) is 5.25 Å². The van der Waals surface area contributed by atoms with Crippen molar-refractivity contribution in [2.45, 2.75) is 57.1 Å². The Balaban J connectivity index is 2.38. The van der Waals surface area contributed by atoms with E-state index in [0.29, 0.717) is 12.8 Å². The summed E-state index contributed by atoms with van der Waals surface area (Å²) in [6, 6.07) is 0. The van der Waals surface area contributed by atoms with Crippen LogP contribution in [0.2, 0.25) is 0 Å². The Kier molecular flexibility index (Phi) is 7.28. The number of unbranched alkanes of at least 4 members (excludes halogenated alkanes) is 3. The second-order valence-corrected chi connectivity index (χ2v) is 6.74. The number of thioether (sulfide) groups is 1. The molecule has 1 rings (SSSR count). The zero-order valence-corrected chi connectivity index (χ0v) is 12.3. The summed E-state index contributed by atoms with van der Waals surface area (Å²) >= 11 is 1.76. The predicted octanol–water partition coefficient (Wildman–Crippen LogP) is 3.25. The minimum atomic E-state index is -0.845. The molecule has 1 aliphatic rings. The van der Waals surface area contributed by atoms with Crippen LogP contribution < -0.4 is 0 Å². The molecule has 0 heterocycles. The molecule has 2 atom stereocenters. The first-order valence-corrected chi connectivity index (χ1v) is 8.16. The molecule has 0 aliphatic heterocycles. The molecule has 0 aromatic rings. The van der Waals surface area contributed by atoms with E-state index in [4.69, 9.17) is 10.2 Å². The minimum Gasteiger partial charge on any atom is -0.481 e. The molecule has 2 N–H and O–H groups in total. The highest BCUT2D eigenvalue weighted by Gasteiger charge is 2.36. The van der Waals surface area contributed by atoms with Crippen molar-refractivity contribution in [3.8, 4) is 0 Å². The third kappa shape index (κ3) is 5.85. The Morgan fingerprint density at radius 1 is 1.00 bits per heavy atom. The summed E-state index contributed by atoms with van der Waals surface area (Å²) in [7, 11) is 0. The van der Waals surface area contributed by atoms with Gasteiger partial charge < -0.3 is 10.2 Å². The molecule has 5 heteroatoms. The largest absolute Gasteiger partial charge is 0.481 e. The van der Waals surface area contributed by atoms with Gasteiger partial charge in [-0.05, 0) is 31.4 Å². The molecule has 0 radical (unpaired) electrons. The van der Waals surface area contributed by atoms with Gasteiger partial charge in [-0.2, -0.15) is 11.8 Å². The number of carboxylic acids is 2. The number of rotatable bonds is 8. The van der Waals surface area contributed by atoms with E-state index in [-0.39, 0.29) is 11.7 Å². The maximum absolute atomic E-state index is 11.1. The van der Waals surface area contributed by atoms with Crippen LogP contribution in [0.4, 0.5) is 0 Å². The second-order valence-electron chi connectivity index (χ2n) is 5.33. The normalized spacial score (nSPS) is 27.1. The van der Waals surface area contributed by atoms with Gasteiger partial charge in [0.05, 0.1) is 11.8 Å². The summed E-state index contributed by atoms with van der Waals surface area (Å²) in [6.45, 7) is 2.17. The van der Waals surface area contributed by atoms with E-state index in [9.17, 15) is 9.59 Å². The first kappa shape index (κ1) is 16.3. The Morgan fingerprint density at radius 3 is 2.05 bits per heavy atom. The van der Waals surface area contributed by atoms with Gasteiger partial charge in [-0.1, -0.05) is 26.2 Å². The Morgan fingerprint density at radius 2 is 1.58 bits per heavy atom. The smallest absolute Gasteiger partial charge is 0.306 e. The molecular weight excluding hydrogens is 264 g/mol. The van der Waals surface area contributed by atoms with Gasteiger partial charge in [-0.25, -0.2) is 0 Å². The van der Waals surface area contributed by atoms with Crippen LogP contribution in [0.15, 0.2) is 0 Å². The van der Waals surface area contributed by atoms with E-state index in [1.54, 1.807) is 11.8 Å². The molecule has 1 aliphatic carbocycles. The molecule has 0 aromatic carbocycles. The third-order valence-electron chi connectivity index (χ3n) is 3.71. The fraction of sp³-hybridized carbons (Fsp3) is 0.857. The quantitative estimate of drug-likeness (QED) is 0.671. The van der Waals surface area contributed by atoms with Crippen LogP contribution in [-0.4, -0.2) is 33.2 Å². The third-order valence-corrected chi connectivity index (χ3v) is 5.09. The first-order valence-electron chi connectivity index (χ1n) is 7.11. The Bertz CT molecular complexity index is 284. The molecular formula is C14H24O4S. The van der Waals surface area contributed by atoms with E-state index in [1.165, 1.54) is 19.3 Å². The molecule has 0 saturated heterocycles. The molecule has 0 bridgehead atoms. The van der Waals surface area contributed by atoms with Gasteiger partial charge in [-0.3, -0.25) is 9.59 Å². The topological polar surface area (TPSA) is 74.6 Å². The number of carbonyl (C=O) groups is 2. The molecule has 1 fully saturated rings. The highest BCUT2D eigenvalue weighted by molar-refractivity contribution is 7.99. The highest BCUT2D eigenvalue weighted by Crippen LogP contribution is 2.36. The predicted molar refractivity (Wildman–Crippen MR) is 76.5 cm³/mol. The fourth-order valence-corrected chi connectivity index (χ4v) is 4.03. The van der Waals surface area contributed by atoms with Crippen molar-refractivity contribution in [3.63, 3.8) is 0 Å².